The summed E-state index contributed by atoms with van der Waals surface area (Å²) >= 11 is 0. The monoisotopic (exact) mass is 261 g/mol. The van der Waals surface area contributed by atoms with Crippen molar-refractivity contribution in [3.8, 4) is 11.5 Å². The van der Waals surface area contributed by atoms with Crippen LogP contribution in [-0.2, 0) is 6.54 Å². The van der Waals surface area contributed by atoms with Gasteiger partial charge in [-0.25, -0.2) is 0 Å². The fourth-order valence-electron chi connectivity index (χ4n) is 1.85. The first-order valence-corrected chi connectivity index (χ1v) is 6.54. The maximum Gasteiger partial charge on any atom is 0.247 e. The molecule has 2 aromatic rings. The zero-order chi connectivity index (χ0) is 13.5. The van der Waals surface area contributed by atoms with Crippen molar-refractivity contribution < 1.29 is 9.52 Å². The lowest BCUT2D eigenvalue weighted by atomic mass is 10.2. The smallest absolute Gasteiger partial charge is 0.247 e. The van der Waals surface area contributed by atoms with Crippen LogP contribution in [0.25, 0.3) is 11.5 Å². The predicted octanol–water partition coefficient (Wildman–Crippen LogP) is 1.94. The summed E-state index contributed by atoms with van der Waals surface area (Å²) in [5.74, 6) is 1.16. The molecule has 0 radical (unpaired) electrons. The molecule has 0 saturated carbocycles. The fourth-order valence-corrected chi connectivity index (χ4v) is 1.85. The molecule has 0 bridgehead atoms. The van der Waals surface area contributed by atoms with Crippen LogP contribution < -0.4 is 0 Å². The Balaban J connectivity index is 2.01. The normalized spacial score (nSPS) is 11.1. The molecule has 1 aromatic heterocycles. The maximum absolute atomic E-state index is 8.85. The van der Waals surface area contributed by atoms with Crippen LogP contribution in [0.4, 0.5) is 0 Å². The number of aliphatic hydroxyl groups is 1. The highest BCUT2D eigenvalue weighted by Crippen LogP contribution is 2.17. The molecule has 5 heteroatoms. The summed E-state index contributed by atoms with van der Waals surface area (Å²) in [6.07, 6.45) is 0.757. The van der Waals surface area contributed by atoms with Gasteiger partial charge in [-0.2, -0.15) is 0 Å². The number of aliphatic hydroxyl groups excluding tert-OH is 1. The number of rotatable bonds is 7. The number of benzene rings is 1. The van der Waals surface area contributed by atoms with E-state index in [-0.39, 0.29) is 6.61 Å². The molecular formula is C14H19N3O2. The Morgan fingerprint density at radius 1 is 1.21 bits per heavy atom. The number of nitrogens with zero attached hydrogens (tertiary/aromatic N) is 3. The van der Waals surface area contributed by atoms with Crippen molar-refractivity contribution in [2.24, 2.45) is 0 Å². The first-order chi connectivity index (χ1) is 9.33. The molecule has 102 valence electrons. The van der Waals surface area contributed by atoms with Gasteiger partial charge in [0.15, 0.2) is 0 Å². The molecule has 0 aliphatic rings. The SMILES string of the molecule is CCN(CCCO)Cc1nnc(-c2ccccc2)o1. The van der Waals surface area contributed by atoms with E-state index in [1.165, 1.54) is 0 Å². The Morgan fingerprint density at radius 3 is 2.68 bits per heavy atom. The molecule has 1 N–H and O–H groups in total. The Bertz CT molecular complexity index is 484. The topological polar surface area (TPSA) is 62.4 Å². The average Bonchev–Trinajstić information content (AvgIpc) is 2.93. The van der Waals surface area contributed by atoms with E-state index >= 15 is 0 Å². The first-order valence-electron chi connectivity index (χ1n) is 6.54. The van der Waals surface area contributed by atoms with Gasteiger partial charge in [0.05, 0.1) is 6.54 Å². The molecule has 0 amide bonds. The van der Waals surface area contributed by atoms with Crippen molar-refractivity contribution in [2.45, 2.75) is 19.9 Å². The summed E-state index contributed by atoms with van der Waals surface area (Å²) in [5, 5.41) is 17.0. The van der Waals surface area contributed by atoms with E-state index in [0.29, 0.717) is 18.3 Å². The third-order valence-electron chi connectivity index (χ3n) is 2.93. The minimum atomic E-state index is 0.204. The van der Waals surface area contributed by atoms with Gasteiger partial charge in [0.2, 0.25) is 11.8 Å². The fraction of sp³-hybridized carbons (Fsp3) is 0.429. The van der Waals surface area contributed by atoms with Crippen LogP contribution in [0.3, 0.4) is 0 Å². The molecule has 19 heavy (non-hydrogen) atoms. The molecule has 0 aliphatic heterocycles. The van der Waals surface area contributed by atoms with E-state index in [1.54, 1.807) is 0 Å². The third kappa shape index (κ3) is 3.87. The van der Waals surface area contributed by atoms with Gasteiger partial charge >= 0.3 is 0 Å². The van der Waals surface area contributed by atoms with E-state index < -0.39 is 0 Å². The molecule has 0 fully saturated rings. The van der Waals surface area contributed by atoms with Crippen molar-refractivity contribution in [3.63, 3.8) is 0 Å². The van der Waals surface area contributed by atoms with Crippen LogP contribution in [0.15, 0.2) is 34.7 Å². The van der Waals surface area contributed by atoms with Gasteiger partial charge in [0, 0.05) is 18.7 Å². The van der Waals surface area contributed by atoms with E-state index in [0.717, 1.165) is 25.1 Å². The van der Waals surface area contributed by atoms with Crippen molar-refractivity contribution in [2.75, 3.05) is 19.7 Å². The second kappa shape index (κ2) is 7.01. The molecule has 2 rings (SSSR count). The Morgan fingerprint density at radius 2 is 2.00 bits per heavy atom. The summed E-state index contributed by atoms with van der Waals surface area (Å²) in [4.78, 5) is 2.17. The Hall–Kier alpha value is -1.72. The van der Waals surface area contributed by atoms with Gasteiger partial charge in [-0.3, -0.25) is 4.90 Å². The second-order valence-electron chi connectivity index (χ2n) is 4.31. The largest absolute Gasteiger partial charge is 0.419 e. The lowest BCUT2D eigenvalue weighted by Gasteiger charge is -2.17. The first kappa shape index (κ1) is 13.7. The summed E-state index contributed by atoms with van der Waals surface area (Å²) in [6, 6.07) is 9.73. The van der Waals surface area contributed by atoms with E-state index in [9.17, 15) is 0 Å². The second-order valence-corrected chi connectivity index (χ2v) is 4.31. The van der Waals surface area contributed by atoms with E-state index in [4.69, 9.17) is 9.52 Å². The molecule has 1 heterocycles. The number of aromatic nitrogens is 2. The van der Waals surface area contributed by atoms with E-state index in [1.807, 2.05) is 30.3 Å². The standard InChI is InChI=1S/C14H19N3O2/c1-2-17(9-6-10-18)11-13-15-16-14(19-13)12-7-4-3-5-8-12/h3-5,7-8,18H,2,6,9-11H2,1H3. The molecule has 0 aliphatic carbocycles. The van der Waals surface area contributed by atoms with E-state index in [2.05, 4.69) is 22.0 Å². The van der Waals surface area contributed by atoms with Crippen LogP contribution in [-0.4, -0.2) is 39.9 Å². The molecule has 0 unspecified atom stereocenters. The Kier molecular flexibility index (Phi) is 5.06. The van der Waals surface area contributed by atoms with Gasteiger partial charge in [0.25, 0.3) is 0 Å². The van der Waals surface area contributed by atoms with Crippen molar-refractivity contribution in [1.29, 1.82) is 0 Å². The third-order valence-corrected chi connectivity index (χ3v) is 2.93. The number of hydrogen-bond acceptors (Lipinski definition) is 5. The van der Waals surface area contributed by atoms with Crippen molar-refractivity contribution in [3.05, 3.63) is 36.2 Å². The predicted molar refractivity (Wildman–Crippen MR) is 72.4 cm³/mol. The lowest BCUT2D eigenvalue weighted by molar-refractivity contribution is 0.212. The molecule has 0 spiro atoms. The molecule has 0 saturated heterocycles. The van der Waals surface area contributed by atoms with Gasteiger partial charge in [-0.15, -0.1) is 10.2 Å². The van der Waals surface area contributed by atoms with Gasteiger partial charge in [-0.05, 0) is 25.1 Å². The average molecular weight is 261 g/mol. The summed E-state index contributed by atoms with van der Waals surface area (Å²) < 4.78 is 5.66. The highest BCUT2D eigenvalue weighted by Gasteiger charge is 2.11. The van der Waals surface area contributed by atoms with Crippen LogP contribution in [0, 0.1) is 0 Å². The number of hydrogen-bond donors (Lipinski definition) is 1. The molecule has 1 aromatic carbocycles. The van der Waals surface area contributed by atoms with Gasteiger partial charge in [-0.1, -0.05) is 25.1 Å². The van der Waals surface area contributed by atoms with Crippen LogP contribution in [0.1, 0.15) is 19.2 Å². The quantitative estimate of drug-likeness (QED) is 0.825. The zero-order valence-electron chi connectivity index (χ0n) is 11.1. The highest BCUT2D eigenvalue weighted by molar-refractivity contribution is 5.51. The molecule has 0 atom stereocenters. The summed E-state index contributed by atoms with van der Waals surface area (Å²) in [5.41, 5.74) is 0.930. The van der Waals surface area contributed by atoms with Crippen LogP contribution >= 0.6 is 0 Å². The van der Waals surface area contributed by atoms with Gasteiger partial charge in [0.1, 0.15) is 0 Å². The van der Waals surface area contributed by atoms with Crippen molar-refractivity contribution in [1.82, 2.24) is 15.1 Å². The molecular weight excluding hydrogens is 242 g/mol. The minimum absolute atomic E-state index is 0.204. The highest BCUT2D eigenvalue weighted by atomic mass is 16.4. The minimum Gasteiger partial charge on any atom is -0.419 e. The van der Waals surface area contributed by atoms with Crippen LogP contribution in [0.2, 0.25) is 0 Å². The lowest BCUT2D eigenvalue weighted by Crippen LogP contribution is -2.24. The summed E-state index contributed by atoms with van der Waals surface area (Å²) in [7, 11) is 0. The summed E-state index contributed by atoms with van der Waals surface area (Å²) in [6.45, 7) is 4.62. The van der Waals surface area contributed by atoms with Gasteiger partial charge < -0.3 is 9.52 Å². The molecule has 5 nitrogen and oxygen atoms in total. The Labute approximate surface area is 112 Å². The maximum atomic E-state index is 8.85. The van der Waals surface area contributed by atoms with Crippen molar-refractivity contribution >= 4 is 0 Å². The van der Waals surface area contributed by atoms with Crippen LogP contribution in [0.5, 0.6) is 0 Å². The zero-order valence-corrected chi connectivity index (χ0v) is 11.1.